The van der Waals surface area contributed by atoms with E-state index < -0.39 is 25.7 Å². The zero-order chi connectivity index (χ0) is 35.0. The van der Waals surface area contributed by atoms with Gasteiger partial charge >= 0.3 is 0 Å². The van der Waals surface area contributed by atoms with Gasteiger partial charge in [-0.05, 0) is 87.2 Å². The first kappa shape index (κ1) is 37.7. The fraction of sp³-hybridized carbons (Fsp3) is 0.432. The Morgan fingerprint density at radius 3 is 2.04 bits per heavy atom. The number of rotatable bonds is 18. The van der Waals surface area contributed by atoms with E-state index in [1.807, 2.05) is 13.8 Å². The van der Waals surface area contributed by atoms with Crippen LogP contribution in [0.1, 0.15) is 87.1 Å². The molecular formula is C37H49N2O6S3+. The zero-order valence-electron chi connectivity index (χ0n) is 28.7. The predicted molar refractivity (Wildman–Crippen MR) is 200 cm³/mol. The first-order valence-corrected chi connectivity index (χ1v) is 20.5. The molecule has 0 saturated carbocycles. The first-order valence-electron chi connectivity index (χ1n) is 16.7. The molecule has 1 aliphatic rings. The number of allylic oxidation sites excluding steroid dienone is 1. The normalized spacial score (nSPS) is 14.8. The lowest BCUT2D eigenvalue weighted by molar-refractivity contribution is -0.438. The largest absolute Gasteiger partial charge is 0.372 e. The molecule has 0 saturated heterocycles. The fourth-order valence-corrected chi connectivity index (χ4v) is 8.03. The Labute approximate surface area is 291 Å². The van der Waals surface area contributed by atoms with E-state index >= 15 is 0 Å². The van der Waals surface area contributed by atoms with Crippen molar-refractivity contribution in [3.63, 3.8) is 0 Å². The molecule has 2 heterocycles. The van der Waals surface area contributed by atoms with Crippen molar-refractivity contribution in [2.75, 3.05) is 37.4 Å². The molecule has 260 valence electrons. The van der Waals surface area contributed by atoms with Crippen LogP contribution in [0.5, 0.6) is 0 Å². The molecule has 11 heteroatoms. The number of benzene rings is 2. The highest BCUT2D eigenvalue weighted by molar-refractivity contribution is 7.86. The highest BCUT2D eigenvalue weighted by atomic mass is 32.2. The Kier molecular flexibility index (Phi) is 13.0. The molecular weight excluding hydrogens is 665 g/mol. The summed E-state index contributed by atoms with van der Waals surface area (Å²) in [5, 5.41) is 0. The van der Waals surface area contributed by atoms with Gasteiger partial charge in [-0.3, -0.25) is 8.74 Å². The first-order chi connectivity index (χ1) is 22.8. The number of anilines is 1. The highest BCUT2D eigenvalue weighted by Gasteiger charge is 2.45. The molecule has 0 aliphatic carbocycles. The van der Waals surface area contributed by atoms with Gasteiger partial charge in [0, 0.05) is 52.7 Å². The van der Waals surface area contributed by atoms with Crippen LogP contribution in [0.15, 0.2) is 65.6 Å². The van der Waals surface area contributed by atoms with E-state index in [0.29, 0.717) is 19.4 Å². The molecule has 0 radical (unpaired) electrons. The molecule has 4 rings (SSSR count). The fourth-order valence-electron chi connectivity index (χ4n) is 5.95. The Bertz CT molecular complexity index is 1850. The van der Waals surface area contributed by atoms with Crippen LogP contribution < -0.4 is 4.90 Å². The summed E-state index contributed by atoms with van der Waals surface area (Å²) in [6, 6.07) is 17.9. The molecule has 48 heavy (non-hydrogen) atoms. The van der Waals surface area contributed by atoms with Crippen LogP contribution >= 0.6 is 11.3 Å². The number of thiophene rings is 1. The average molecular weight is 714 g/mol. The second-order valence-corrected chi connectivity index (χ2v) is 17.1. The maximum absolute atomic E-state index is 12.5. The van der Waals surface area contributed by atoms with E-state index in [4.69, 9.17) is 4.18 Å². The van der Waals surface area contributed by atoms with Crippen molar-refractivity contribution < 1.29 is 30.1 Å². The molecule has 2 aromatic carbocycles. The molecule has 8 nitrogen and oxygen atoms in total. The van der Waals surface area contributed by atoms with E-state index in [-0.39, 0.29) is 10.6 Å². The third kappa shape index (κ3) is 9.75. The van der Waals surface area contributed by atoms with Gasteiger partial charge in [-0.25, -0.2) is 0 Å². The third-order valence-corrected chi connectivity index (χ3v) is 11.8. The van der Waals surface area contributed by atoms with Crippen LogP contribution in [-0.2, 0) is 29.8 Å². The SMILES string of the molecule is CCCCN(CCCC)c1ccc(/C=C/c2ccc(/C=C/C3=[N+](CCCCS(=O)(=O)O)c4ccc(S(=O)(=O)OC)cc4C3(C)C)s2)cc1. The molecule has 0 fully saturated rings. The average Bonchev–Trinajstić information content (AvgIpc) is 3.60. The molecule has 0 atom stereocenters. The van der Waals surface area contributed by atoms with Gasteiger partial charge in [0.1, 0.15) is 6.54 Å². The number of unbranched alkanes of at least 4 members (excludes halogenated alkanes) is 3. The Morgan fingerprint density at radius 1 is 0.833 bits per heavy atom. The summed E-state index contributed by atoms with van der Waals surface area (Å²) in [5.41, 5.74) is 4.56. The molecule has 3 aromatic rings. The minimum Gasteiger partial charge on any atom is -0.372 e. The minimum absolute atomic E-state index is 0.0861. The van der Waals surface area contributed by atoms with E-state index in [1.54, 1.807) is 23.5 Å². The summed E-state index contributed by atoms with van der Waals surface area (Å²) in [7, 11) is -6.78. The number of nitrogens with zero attached hydrogens (tertiary/aromatic N) is 2. The quantitative estimate of drug-likeness (QED) is 0.0611. The number of hydrogen-bond donors (Lipinski definition) is 1. The smallest absolute Gasteiger partial charge is 0.296 e. The van der Waals surface area contributed by atoms with E-state index in [2.05, 4.69) is 84.0 Å². The van der Waals surface area contributed by atoms with Crippen molar-refractivity contribution in [1.82, 2.24) is 0 Å². The monoisotopic (exact) mass is 713 g/mol. The number of fused-ring (bicyclic) bond motifs is 1. The van der Waals surface area contributed by atoms with Gasteiger partial charge in [-0.15, -0.1) is 11.3 Å². The van der Waals surface area contributed by atoms with Crippen molar-refractivity contribution in [2.24, 2.45) is 0 Å². The lowest BCUT2D eigenvalue weighted by Gasteiger charge is -2.24. The molecule has 1 aliphatic heterocycles. The summed E-state index contributed by atoms with van der Waals surface area (Å²) in [5.74, 6) is -0.306. The van der Waals surface area contributed by atoms with E-state index in [9.17, 15) is 21.4 Å². The molecule has 1 N–H and O–H groups in total. The molecule has 0 bridgehead atoms. The molecule has 0 spiro atoms. The maximum atomic E-state index is 12.5. The van der Waals surface area contributed by atoms with Crippen molar-refractivity contribution in [3.05, 3.63) is 81.6 Å². The van der Waals surface area contributed by atoms with Crippen LogP contribution in [0.25, 0.3) is 18.2 Å². The number of hydrogen-bond acceptors (Lipinski definition) is 7. The molecule has 1 aromatic heterocycles. The predicted octanol–water partition coefficient (Wildman–Crippen LogP) is 8.42. The maximum Gasteiger partial charge on any atom is 0.296 e. The van der Waals surface area contributed by atoms with E-state index in [1.165, 1.54) is 37.4 Å². The van der Waals surface area contributed by atoms with Crippen molar-refractivity contribution in [1.29, 1.82) is 0 Å². The Morgan fingerprint density at radius 2 is 1.46 bits per heavy atom. The van der Waals surface area contributed by atoms with Crippen molar-refractivity contribution in [3.8, 4) is 0 Å². The minimum atomic E-state index is -4.05. The second-order valence-electron chi connectivity index (χ2n) is 12.6. The summed E-state index contributed by atoms with van der Waals surface area (Å²) < 4.78 is 63.7. The summed E-state index contributed by atoms with van der Waals surface area (Å²) in [6.07, 6.45) is 14.0. The Balaban J connectivity index is 1.54. The lowest BCUT2D eigenvalue weighted by Crippen LogP contribution is -2.28. The highest BCUT2D eigenvalue weighted by Crippen LogP contribution is 2.42. The summed E-state index contributed by atoms with van der Waals surface area (Å²) in [6.45, 7) is 11.2. The van der Waals surface area contributed by atoms with E-state index in [0.717, 1.165) is 52.5 Å². The van der Waals surface area contributed by atoms with Crippen LogP contribution in [-0.4, -0.2) is 64.2 Å². The van der Waals surface area contributed by atoms with Crippen LogP contribution in [0, 0.1) is 0 Å². The zero-order valence-corrected chi connectivity index (χ0v) is 31.1. The third-order valence-electron chi connectivity index (χ3n) is 8.72. The van der Waals surface area contributed by atoms with Gasteiger partial charge in [0.05, 0.1) is 23.2 Å². The Hall–Kier alpha value is -3.09. The van der Waals surface area contributed by atoms with Gasteiger partial charge in [0.15, 0.2) is 5.71 Å². The van der Waals surface area contributed by atoms with Crippen LogP contribution in [0.2, 0.25) is 0 Å². The van der Waals surface area contributed by atoms with Crippen molar-refractivity contribution >= 4 is 66.9 Å². The van der Waals surface area contributed by atoms with Crippen molar-refractivity contribution in [2.45, 2.75) is 76.5 Å². The topological polar surface area (TPSA) is 104 Å². The van der Waals surface area contributed by atoms with Gasteiger partial charge in [-0.1, -0.05) is 44.9 Å². The lowest BCUT2D eigenvalue weighted by atomic mass is 9.81. The standard InChI is InChI=1S/C37H48N2O6S3/c1-6-8-24-38(25-9-7-2)30-15-12-29(13-16-30)14-17-31-18-19-32(46-31)20-23-36-37(3,4)34-28-33(48(43,44)45-5)21-22-35(34)39(36)26-10-11-27-47(40,41)42/h12-23,28H,6-11,24-27H2,1-5H3/p+1. The molecule has 0 unspecified atom stereocenters. The van der Waals surface area contributed by atoms with Gasteiger partial charge < -0.3 is 4.90 Å². The van der Waals surface area contributed by atoms with Crippen LogP contribution in [0.4, 0.5) is 11.4 Å². The summed E-state index contributed by atoms with van der Waals surface area (Å²) in [4.78, 5) is 4.77. The van der Waals surface area contributed by atoms with Gasteiger partial charge in [-0.2, -0.15) is 21.4 Å². The van der Waals surface area contributed by atoms with Gasteiger partial charge in [0.25, 0.3) is 20.2 Å². The van der Waals surface area contributed by atoms with Gasteiger partial charge in [0.2, 0.25) is 5.69 Å². The molecule has 0 amide bonds. The second kappa shape index (κ2) is 16.5. The van der Waals surface area contributed by atoms with Crippen LogP contribution in [0.3, 0.4) is 0 Å². The summed E-state index contributed by atoms with van der Waals surface area (Å²) >= 11 is 1.68.